The van der Waals surface area contributed by atoms with Crippen molar-refractivity contribution in [1.29, 1.82) is 0 Å². The van der Waals surface area contributed by atoms with Gasteiger partial charge in [-0.25, -0.2) is 17.2 Å². The molecule has 6 nitrogen and oxygen atoms in total. The van der Waals surface area contributed by atoms with E-state index in [0.717, 1.165) is 17.7 Å². The number of benzene rings is 2. The number of halogens is 2. The van der Waals surface area contributed by atoms with Crippen LogP contribution in [0.5, 0.6) is 0 Å². The van der Waals surface area contributed by atoms with Gasteiger partial charge in [-0.2, -0.15) is 4.31 Å². The predicted molar refractivity (Wildman–Crippen MR) is 111 cm³/mol. The van der Waals surface area contributed by atoms with Crippen LogP contribution in [0.2, 0.25) is 0 Å². The summed E-state index contributed by atoms with van der Waals surface area (Å²) in [4.78, 5) is 14.2. The minimum Gasteiger partial charge on any atom is -0.325 e. The molecule has 9 heteroatoms. The third-order valence-corrected chi connectivity index (χ3v) is 7.00. The van der Waals surface area contributed by atoms with Crippen molar-refractivity contribution < 1.29 is 22.0 Å². The van der Waals surface area contributed by atoms with Crippen molar-refractivity contribution in [2.24, 2.45) is 0 Å². The van der Waals surface area contributed by atoms with Crippen LogP contribution in [0.25, 0.3) is 0 Å². The fourth-order valence-electron chi connectivity index (χ4n) is 3.28. The molecule has 1 aliphatic rings. The molecule has 3 rings (SSSR count). The molecule has 0 spiro atoms. The summed E-state index contributed by atoms with van der Waals surface area (Å²) in [6.07, 6.45) is 0. The molecule has 0 atom stereocenters. The predicted octanol–water partition coefficient (Wildman–Crippen LogP) is 3.03. The highest BCUT2D eigenvalue weighted by atomic mass is 32.2. The number of hydrogen-bond donors (Lipinski definition) is 1. The molecule has 1 fully saturated rings. The highest BCUT2D eigenvalue weighted by Crippen LogP contribution is 2.21. The number of nitrogens with one attached hydrogen (secondary N) is 1. The zero-order valence-corrected chi connectivity index (χ0v) is 17.8. The summed E-state index contributed by atoms with van der Waals surface area (Å²) in [5.41, 5.74) is 1.25. The van der Waals surface area contributed by atoms with E-state index in [1.807, 2.05) is 30.9 Å². The molecule has 1 amide bonds. The average Bonchev–Trinajstić information content (AvgIpc) is 2.71. The van der Waals surface area contributed by atoms with E-state index >= 15 is 0 Å². The van der Waals surface area contributed by atoms with E-state index < -0.39 is 21.7 Å². The van der Waals surface area contributed by atoms with Crippen molar-refractivity contribution in [3.63, 3.8) is 0 Å². The van der Waals surface area contributed by atoms with Gasteiger partial charge in [0.1, 0.15) is 0 Å². The van der Waals surface area contributed by atoms with Gasteiger partial charge in [-0.3, -0.25) is 9.69 Å². The Morgan fingerprint density at radius 3 is 2.20 bits per heavy atom. The second kappa shape index (κ2) is 9.20. The lowest BCUT2D eigenvalue weighted by Gasteiger charge is -2.33. The van der Waals surface area contributed by atoms with Gasteiger partial charge in [-0.1, -0.05) is 26.0 Å². The Balaban J connectivity index is 1.54. The number of hydrogen-bond acceptors (Lipinski definition) is 4. The second-order valence-electron chi connectivity index (χ2n) is 7.58. The van der Waals surface area contributed by atoms with Crippen LogP contribution in [-0.4, -0.2) is 56.3 Å². The van der Waals surface area contributed by atoms with Gasteiger partial charge in [-0.15, -0.1) is 0 Å². The normalized spacial score (nSPS) is 16.0. The van der Waals surface area contributed by atoms with Crippen molar-refractivity contribution in [3.05, 3.63) is 59.7 Å². The molecule has 1 aliphatic heterocycles. The largest absolute Gasteiger partial charge is 0.325 e. The number of anilines is 1. The first-order chi connectivity index (χ1) is 14.2. The van der Waals surface area contributed by atoms with Gasteiger partial charge in [0.25, 0.3) is 0 Å². The van der Waals surface area contributed by atoms with E-state index in [0.29, 0.717) is 19.0 Å². The zero-order valence-electron chi connectivity index (χ0n) is 16.9. The van der Waals surface area contributed by atoms with Crippen molar-refractivity contribution in [3.8, 4) is 0 Å². The lowest BCUT2D eigenvalue weighted by Crippen LogP contribution is -2.50. The van der Waals surface area contributed by atoms with Crippen molar-refractivity contribution in [2.75, 3.05) is 38.0 Å². The first kappa shape index (κ1) is 22.3. The van der Waals surface area contributed by atoms with Gasteiger partial charge in [0.2, 0.25) is 15.9 Å². The SMILES string of the molecule is CC(C)c1ccc(S(=O)(=O)N2CCN(CC(=O)Nc3ccc(F)c(F)c3)CC2)cc1. The molecule has 0 aliphatic carbocycles. The minimum atomic E-state index is -3.58. The van der Waals surface area contributed by atoms with Gasteiger partial charge in [0.15, 0.2) is 11.6 Å². The van der Waals surface area contributed by atoms with E-state index in [2.05, 4.69) is 5.32 Å². The van der Waals surface area contributed by atoms with E-state index in [4.69, 9.17) is 0 Å². The first-order valence-electron chi connectivity index (χ1n) is 9.74. The standard InChI is InChI=1S/C21H25F2N3O3S/c1-15(2)16-3-6-18(7-4-16)30(28,29)26-11-9-25(10-12-26)14-21(27)24-17-5-8-19(22)20(23)13-17/h3-8,13,15H,9-12,14H2,1-2H3,(H,24,27). The van der Waals surface area contributed by atoms with Crippen LogP contribution in [0, 0.1) is 11.6 Å². The molecule has 1 heterocycles. The van der Waals surface area contributed by atoms with Gasteiger partial charge in [-0.05, 0) is 35.7 Å². The van der Waals surface area contributed by atoms with E-state index in [-0.39, 0.29) is 36.1 Å². The fourth-order valence-corrected chi connectivity index (χ4v) is 4.70. The average molecular weight is 438 g/mol. The lowest BCUT2D eigenvalue weighted by molar-refractivity contribution is -0.117. The number of amides is 1. The van der Waals surface area contributed by atoms with Crippen LogP contribution in [0.4, 0.5) is 14.5 Å². The Morgan fingerprint density at radius 2 is 1.63 bits per heavy atom. The van der Waals surface area contributed by atoms with Crippen molar-refractivity contribution >= 4 is 21.6 Å². The quantitative estimate of drug-likeness (QED) is 0.754. The minimum absolute atomic E-state index is 0.0377. The molecule has 0 unspecified atom stereocenters. The number of piperazine rings is 1. The summed E-state index contributed by atoms with van der Waals surface area (Å²) in [5, 5.41) is 2.52. The summed E-state index contributed by atoms with van der Waals surface area (Å²) in [5.74, 6) is -2.07. The Bertz CT molecular complexity index is 1000. The molecule has 0 bridgehead atoms. The first-order valence-corrected chi connectivity index (χ1v) is 11.2. The molecule has 30 heavy (non-hydrogen) atoms. The topological polar surface area (TPSA) is 69.7 Å². The Morgan fingerprint density at radius 1 is 1.00 bits per heavy atom. The molecule has 2 aromatic rings. The van der Waals surface area contributed by atoms with Gasteiger partial charge >= 0.3 is 0 Å². The summed E-state index contributed by atoms with van der Waals surface area (Å²) in [6, 6.07) is 10.1. The number of nitrogens with zero attached hydrogens (tertiary/aromatic N) is 2. The number of carbonyl (C=O) groups excluding carboxylic acids is 1. The summed E-state index contributed by atoms with van der Waals surface area (Å²) in [7, 11) is -3.58. The fraction of sp³-hybridized carbons (Fsp3) is 0.381. The number of carbonyl (C=O) groups is 1. The lowest BCUT2D eigenvalue weighted by atomic mass is 10.0. The zero-order chi connectivity index (χ0) is 21.9. The smallest absolute Gasteiger partial charge is 0.243 e. The Kier molecular flexibility index (Phi) is 6.84. The Labute approximate surface area is 175 Å². The van der Waals surface area contributed by atoms with E-state index in [1.165, 1.54) is 10.4 Å². The van der Waals surface area contributed by atoms with Crippen molar-refractivity contribution in [1.82, 2.24) is 9.21 Å². The van der Waals surface area contributed by atoms with Crippen LogP contribution >= 0.6 is 0 Å². The third kappa shape index (κ3) is 5.21. The van der Waals surface area contributed by atoms with Gasteiger partial charge < -0.3 is 5.32 Å². The molecular formula is C21H25F2N3O3S. The number of sulfonamides is 1. The highest BCUT2D eigenvalue weighted by Gasteiger charge is 2.29. The maximum Gasteiger partial charge on any atom is 0.243 e. The van der Waals surface area contributed by atoms with E-state index in [1.54, 1.807) is 12.1 Å². The summed E-state index contributed by atoms with van der Waals surface area (Å²) < 4.78 is 53.4. The molecule has 1 saturated heterocycles. The number of rotatable bonds is 6. The van der Waals surface area contributed by atoms with Crippen LogP contribution in [-0.2, 0) is 14.8 Å². The summed E-state index contributed by atoms with van der Waals surface area (Å²) >= 11 is 0. The third-order valence-electron chi connectivity index (χ3n) is 5.09. The summed E-state index contributed by atoms with van der Waals surface area (Å²) in [6.45, 7) is 5.47. The van der Waals surface area contributed by atoms with Gasteiger partial charge in [0, 0.05) is 37.9 Å². The maximum absolute atomic E-state index is 13.2. The molecule has 2 aromatic carbocycles. The highest BCUT2D eigenvalue weighted by molar-refractivity contribution is 7.89. The van der Waals surface area contributed by atoms with Gasteiger partial charge in [0.05, 0.1) is 11.4 Å². The monoisotopic (exact) mass is 437 g/mol. The van der Waals surface area contributed by atoms with Crippen LogP contribution in [0.15, 0.2) is 47.4 Å². The Hall–Kier alpha value is -2.36. The molecule has 0 radical (unpaired) electrons. The van der Waals surface area contributed by atoms with Crippen molar-refractivity contribution in [2.45, 2.75) is 24.7 Å². The maximum atomic E-state index is 13.2. The molecule has 1 N–H and O–H groups in total. The van der Waals surface area contributed by atoms with Crippen LogP contribution in [0.3, 0.4) is 0 Å². The molecule has 162 valence electrons. The molecule has 0 saturated carbocycles. The van der Waals surface area contributed by atoms with E-state index in [9.17, 15) is 22.0 Å². The van der Waals surface area contributed by atoms with Crippen LogP contribution < -0.4 is 5.32 Å². The van der Waals surface area contributed by atoms with Crippen LogP contribution in [0.1, 0.15) is 25.3 Å². The molecular weight excluding hydrogens is 412 g/mol. The second-order valence-corrected chi connectivity index (χ2v) is 9.52. The molecule has 0 aromatic heterocycles.